The summed E-state index contributed by atoms with van der Waals surface area (Å²) < 4.78 is 5.58. The molecule has 2 unspecified atom stereocenters. The van der Waals surface area contributed by atoms with E-state index in [9.17, 15) is 0 Å². The van der Waals surface area contributed by atoms with Gasteiger partial charge in [-0.25, -0.2) is 0 Å². The minimum Gasteiger partial charge on any atom is -0.361 e. The highest BCUT2D eigenvalue weighted by molar-refractivity contribution is 4.85. The first kappa shape index (κ1) is 9.01. The van der Waals surface area contributed by atoms with Crippen molar-refractivity contribution in [1.29, 1.82) is 0 Å². The van der Waals surface area contributed by atoms with Crippen molar-refractivity contribution in [3.63, 3.8) is 0 Å². The molecule has 1 aliphatic heterocycles. The van der Waals surface area contributed by atoms with Crippen molar-refractivity contribution in [1.82, 2.24) is 5.32 Å². The first-order valence-electron chi connectivity index (χ1n) is 4.48. The molecule has 0 aromatic carbocycles. The fourth-order valence-electron chi connectivity index (χ4n) is 1.68. The molecule has 0 aromatic rings. The Bertz CT molecular complexity index is 109. The van der Waals surface area contributed by atoms with Crippen molar-refractivity contribution in [3.05, 3.63) is 0 Å². The van der Waals surface area contributed by atoms with Crippen molar-refractivity contribution in [2.75, 3.05) is 6.73 Å². The lowest BCUT2D eigenvalue weighted by Crippen LogP contribution is -2.38. The van der Waals surface area contributed by atoms with Crippen LogP contribution in [0.15, 0.2) is 0 Å². The Balaban J connectivity index is 2.51. The molecule has 2 nitrogen and oxygen atoms in total. The maximum absolute atomic E-state index is 5.58. The van der Waals surface area contributed by atoms with Gasteiger partial charge in [0.25, 0.3) is 0 Å². The average Bonchev–Trinajstić information content (AvgIpc) is 2.32. The molecule has 1 N–H and O–H groups in total. The fraction of sp³-hybridized carbons (Fsp3) is 1.00. The van der Waals surface area contributed by atoms with Crippen molar-refractivity contribution in [2.45, 2.75) is 39.8 Å². The van der Waals surface area contributed by atoms with Gasteiger partial charge in [-0.05, 0) is 11.8 Å². The Morgan fingerprint density at radius 2 is 1.82 bits per heavy atom. The van der Waals surface area contributed by atoms with Crippen molar-refractivity contribution < 1.29 is 4.74 Å². The molecular formula is C9H19NO. The molecule has 0 amide bonds. The summed E-state index contributed by atoms with van der Waals surface area (Å²) in [5, 5.41) is 3.37. The summed E-state index contributed by atoms with van der Waals surface area (Å²) in [6, 6.07) is 0.551. The van der Waals surface area contributed by atoms with Gasteiger partial charge in [-0.1, -0.05) is 27.7 Å². The first-order chi connectivity index (χ1) is 5.13. The van der Waals surface area contributed by atoms with Gasteiger partial charge in [-0.2, -0.15) is 0 Å². The smallest absolute Gasteiger partial charge is 0.0973 e. The lowest BCUT2D eigenvalue weighted by Gasteiger charge is -2.24. The van der Waals surface area contributed by atoms with Crippen LogP contribution in [0.5, 0.6) is 0 Å². The number of hydrogen-bond donors (Lipinski definition) is 1. The van der Waals surface area contributed by atoms with Crippen LogP contribution in [-0.2, 0) is 4.74 Å². The van der Waals surface area contributed by atoms with E-state index < -0.39 is 0 Å². The van der Waals surface area contributed by atoms with Crippen LogP contribution in [0.4, 0.5) is 0 Å². The highest BCUT2D eigenvalue weighted by atomic mass is 16.5. The predicted molar refractivity (Wildman–Crippen MR) is 46.3 cm³/mol. The number of hydrogen-bond acceptors (Lipinski definition) is 2. The standard InChI is InChI=1S/C9H19NO/c1-6(2)8-9(7(3)4)11-5-10-8/h6-10H,5H2,1-4H3. The first-order valence-corrected chi connectivity index (χ1v) is 4.48. The molecule has 0 radical (unpaired) electrons. The van der Waals surface area contributed by atoms with Crippen LogP contribution in [0.2, 0.25) is 0 Å². The van der Waals surface area contributed by atoms with E-state index in [-0.39, 0.29) is 0 Å². The molecule has 1 aliphatic rings. The van der Waals surface area contributed by atoms with E-state index in [0.717, 1.165) is 6.73 Å². The van der Waals surface area contributed by atoms with Crippen molar-refractivity contribution in [3.8, 4) is 0 Å². The minimum absolute atomic E-state index is 0.412. The van der Waals surface area contributed by atoms with Gasteiger partial charge in [0.05, 0.1) is 12.8 Å². The van der Waals surface area contributed by atoms with E-state index >= 15 is 0 Å². The lowest BCUT2D eigenvalue weighted by molar-refractivity contribution is 0.0607. The molecule has 66 valence electrons. The highest BCUT2D eigenvalue weighted by Crippen LogP contribution is 2.20. The van der Waals surface area contributed by atoms with Crippen molar-refractivity contribution >= 4 is 0 Å². The maximum atomic E-state index is 5.58. The third kappa shape index (κ3) is 1.94. The second-order valence-corrected chi connectivity index (χ2v) is 3.99. The van der Waals surface area contributed by atoms with E-state index in [0.29, 0.717) is 24.0 Å². The van der Waals surface area contributed by atoms with Crippen molar-refractivity contribution in [2.24, 2.45) is 11.8 Å². The van der Waals surface area contributed by atoms with Crippen LogP contribution in [0.3, 0.4) is 0 Å². The number of ether oxygens (including phenoxy) is 1. The van der Waals surface area contributed by atoms with E-state index in [1.807, 2.05) is 0 Å². The fourth-order valence-corrected chi connectivity index (χ4v) is 1.68. The molecule has 0 spiro atoms. The van der Waals surface area contributed by atoms with Crippen LogP contribution >= 0.6 is 0 Å². The Labute approximate surface area is 69.3 Å². The van der Waals surface area contributed by atoms with E-state index in [1.165, 1.54) is 0 Å². The highest BCUT2D eigenvalue weighted by Gasteiger charge is 2.31. The summed E-state index contributed by atoms with van der Waals surface area (Å²) in [6.07, 6.45) is 0.412. The van der Waals surface area contributed by atoms with E-state index in [2.05, 4.69) is 33.0 Å². The molecule has 1 heterocycles. The van der Waals surface area contributed by atoms with Gasteiger partial charge in [0.2, 0.25) is 0 Å². The SMILES string of the molecule is CC(C)C1NCOC1C(C)C. The third-order valence-electron chi connectivity index (χ3n) is 2.32. The van der Waals surface area contributed by atoms with E-state index in [4.69, 9.17) is 4.74 Å². The van der Waals surface area contributed by atoms with Gasteiger partial charge < -0.3 is 4.74 Å². The summed E-state index contributed by atoms with van der Waals surface area (Å²) in [6.45, 7) is 9.63. The molecule has 0 aliphatic carbocycles. The Morgan fingerprint density at radius 1 is 1.18 bits per heavy atom. The van der Waals surface area contributed by atoms with E-state index in [1.54, 1.807) is 0 Å². The quantitative estimate of drug-likeness (QED) is 0.657. The topological polar surface area (TPSA) is 21.3 Å². The van der Waals surface area contributed by atoms with Gasteiger partial charge in [-0.3, -0.25) is 5.32 Å². The molecule has 0 saturated carbocycles. The number of nitrogens with one attached hydrogen (secondary N) is 1. The summed E-state index contributed by atoms with van der Waals surface area (Å²) in [7, 11) is 0. The molecule has 0 aromatic heterocycles. The lowest BCUT2D eigenvalue weighted by atomic mass is 9.92. The zero-order valence-corrected chi connectivity index (χ0v) is 7.92. The zero-order chi connectivity index (χ0) is 8.43. The second kappa shape index (κ2) is 3.55. The molecule has 1 rings (SSSR count). The Hall–Kier alpha value is -0.0800. The monoisotopic (exact) mass is 157 g/mol. The van der Waals surface area contributed by atoms with Gasteiger partial charge in [0.1, 0.15) is 0 Å². The molecule has 1 fully saturated rings. The minimum atomic E-state index is 0.412. The molecule has 2 atom stereocenters. The molecule has 1 saturated heterocycles. The van der Waals surface area contributed by atoms with Crippen LogP contribution in [0.25, 0.3) is 0 Å². The molecule has 2 heteroatoms. The largest absolute Gasteiger partial charge is 0.361 e. The molecule has 0 bridgehead atoms. The van der Waals surface area contributed by atoms with Gasteiger partial charge in [0, 0.05) is 6.04 Å². The normalized spacial score (nSPS) is 32.2. The van der Waals surface area contributed by atoms with Gasteiger partial charge in [-0.15, -0.1) is 0 Å². The summed E-state index contributed by atoms with van der Waals surface area (Å²) in [5.41, 5.74) is 0. The van der Waals surface area contributed by atoms with Gasteiger partial charge in [0.15, 0.2) is 0 Å². The predicted octanol–water partition coefficient (Wildman–Crippen LogP) is 1.61. The second-order valence-electron chi connectivity index (χ2n) is 3.99. The van der Waals surface area contributed by atoms with Crippen LogP contribution in [0, 0.1) is 11.8 Å². The van der Waals surface area contributed by atoms with Crippen LogP contribution < -0.4 is 5.32 Å². The third-order valence-corrected chi connectivity index (χ3v) is 2.32. The maximum Gasteiger partial charge on any atom is 0.0973 e. The van der Waals surface area contributed by atoms with Gasteiger partial charge >= 0.3 is 0 Å². The Morgan fingerprint density at radius 3 is 2.18 bits per heavy atom. The van der Waals surface area contributed by atoms with Crippen LogP contribution in [-0.4, -0.2) is 18.9 Å². The summed E-state index contributed by atoms with van der Waals surface area (Å²) in [5.74, 6) is 1.29. The average molecular weight is 157 g/mol. The number of rotatable bonds is 2. The summed E-state index contributed by atoms with van der Waals surface area (Å²) in [4.78, 5) is 0. The molecule has 11 heavy (non-hydrogen) atoms. The molecular weight excluding hydrogens is 138 g/mol. The zero-order valence-electron chi connectivity index (χ0n) is 7.92. The summed E-state index contributed by atoms with van der Waals surface area (Å²) >= 11 is 0. The Kier molecular flexibility index (Phi) is 2.90. The van der Waals surface area contributed by atoms with Crippen LogP contribution in [0.1, 0.15) is 27.7 Å².